The molecule has 1 heterocycles. The topological polar surface area (TPSA) is 38.1 Å². The average Bonchev–Trinajstić information content (AvgIpc) is 2.45. The highest BCUT2D eigenvalue weighted by Crippen LogP contribution is 2.00. The van der Waals surface area contributed by atoms with Crippen molar-refractivity contribution in [1.29, 1.82) is 0 Å². The van der Waals surface area contributed by atoms with E-state index >= 15 is 0 Å². The van der Waals surface area contributed by atoms with Gasteiger partial charge in [-0.15, -0.1) is 0 Å². The number of nitrogens with zero attached hydrogens (tertiary/aromatic N) is 1. The fourth-order valence-electron chi connectivity index (χ4n) is 0.978. The Morgan fingerprint density at radius 3 is 2.92 bits per heavy atom. The van der Waals surface area contributed by atoms with E-state index in [1.807, 2.05) is 13.0 Å². The van der Waals surface area contributed by atoms with Gasteiger partial charge in [-0.25, -0.2) is 0 Å². The van der Waals surface area contributed by atoms with E-state index in [1.54, 1.807) is 0 Å². The molecular formula is C10H16N2O. The summed E-state index contributed by atoms with van der Waals surface area (Å²) >= 11 is 0. The molecule has 1 N–H and O–H groups in total. The zero-order chi connectivity index (χ0) is 9.68. The summed E-state index contributed by atoms with van der Waals surface area (Å²) in [5.41, 5.74) is 2.28. The monoisotopic (exact) mass is 180 g/mol. The van der Waals surface area contributed by atoms with E-state index in [0.29, 0.717) is 0 Å². The molecule has 0 unspecified atom stereocenters. The van der Waals surface area contributed by atoms with Crippen LogP contribution in [0.3, 0.4) is 0 Å². The Morgan fingerprint density at radius 1 is 1.62 bits per heavy atom. The van der Waals surface area contributed by atoms with Crippen molar-refractivity contribution in [3.8, 4) is 0 Å². The van der Waals surface area contributed by atoms with Gasteiger partial charge in [0.2, 0.25) is 0 Å². The van der Waals surface area contributed by atoms with Crippen LogP contribution in [0.1, 0.15) is 25.3 Å². The Hall–Kier alpha value is -1.09. The number of aromatic nitrogens is 1. The molecule has 3 nitrogen and oxygen atoms in total. The summed E-state index contributed by atoms with van der Waals surface area (Å²) in [5, 5.41) is 7.12. The van der Waals surface area contributed by atoms with Crippen molar-refractivity contribution in [1.82, 2.24) is 10.5 Å². The summed E-state index contributed by atoms with van der Waals surface area (Å²) in [7, 11) is 0. The predicted molar refractivity (Wildman–Crippen MR) is 52.4 cm³/mol. The maximum atomic E-state index is 4.94. The third-order valence-corrected chi connectivity index (χ3v) is 1.64. The second-order valence-electron chi connectivity index (χ2n) is 3.34. The quantitative estimate of drug-likeness (QED) is 0.569. The molecule has 0 bridgehead atoms. The van der Waals surface area contributed by atoms with Crippen LogP contribution in [0.15, 0.2) is 22.2 Å². The van der Waals surface area contributed by atoms with Crippen LogP contribution < -0.4 is 5.32 Å². The molecule has 1 rings (SSSR count). The molecular weight excluding hydrogens is 164 g/mol. The van der Waals surface area contributed by atoms with Crippen LogP contribution in [0, 0.1) is 6.92 Å². The number of hydrogen-bond donors (Lipinski definition) is 1. The van der Waals surface area contributed by atoms with Gasteiger partial charge in [-0.3, -0.25) is 0 Å². The van der Waals surface area contributed by atoms with E-state index in [4.69, 9.17) is 4.52 Å². The fourth-order valence-corrected chi connectivity index (χ4v) is 0.978. The van der Waals surface area contributed by atoms with E-state index in [1.165, 1.54) is 5.57 Å². The lowest BCUT2D eigenvalue weighted by atomic mass is 10.3. The Kier molecular flexibility index (Phi) is 3.71. The van der Waals surface area contributed by atoms with Crippen LogP contribution in [0.2, 0.25) is 0 Å². The van der Waals surface area contributed by atoms with Crippen molar-refractivity contribution in [2.45, 2.75) is 27.3 Å². The summed E-state index contributed by atoms with van der Waals surface area (Å²) in [5.74, 6) is 0.860. The molecule has 0 saturated heterocycles. The fraction of sp³-hybridized carbons (Fsp3) is 0.500. The molecule has 1 aromatic heterocycles. The van der Waals surface area contributed by atoms with E-state index in [2.05, 4.69) is 30.4 Å². The molecule has 0 spiro atoms. The molecule has 0 fully saturated rings. The van der Waals surface area contributed by atoms with Crippen molar-refractivity contribution in [3.63, 3.8) is 0 Å². The number of rotatable bonds is 4. The summed E-state index contributed by atoms with van der Waals surface area (Å²) in [6.45, 7) is 7.71. The first-order valence-electron chi connectivity index (χ1n) is 4.45. The van der Waals surface area contributed by atoms with Gasteiger partial charge in [0.15, 0.2) is 0 Å². The molecule has 3 heteroatoms. The average molecular weight is 180 g/mol. The van der Waals surface area contributed by atoms with E-state index in [0.717, 1.165) is 24.5 Å². The lowest BCUT2D eigenvalue weighted by Crippen LogP contribution is -2.13. The molecule has 0 radical (unpaired) electrons. The first-order chi connectivity index (χ1) is 6.18. The van der Waals surface area contributed by atoms with Crippen LogP contribution in [0.4, 0.5) is 0 Å². The maximum absolute atomic E-state index is 4.94. The number of allylic oxidation sites excluding steroid dienone is 1. The van der Waals surface area contributed by atoms with Crippen LogP contribution >= 0.6 is 0 Å². The SMILES string of the molecule is CC(C)=CCNCc1cc(C)on1. The third kappa shape index (κ3) is 3.90. The lowest BCUT2D eigenvalue weighted by Gasteiger charge is -1.96. The second-order valence-corrected chi connectivity index (χ2v) is 3.34. The zero-order valence-corrected chi connectivity index (χ0v) is 8.42. The van der Waals surface area contributed by atoms with Gasteiger partial charge in [0.05, 0.1) is 5.69 Å². The summed E-state index contributed by atoms with van der Waals surface area (Å²) in [6, 6.07) is 1.94. The molecule has 0 amide bonds. The van der Waals surface area contributed by atoms with Crippen molar-refractivity contribution < 1.29 is 4.52 Å². The third-order valence-electron chi connectivity index (χ3n) is 1.64. The Morgan fingerprint density at radius 2 is 2.38 bits per heavy atom. The van der Waals surface area contributed by atoms with Gasteiger partial charge >= 0.3 is 0 Å². The van der Waals surface area contributed by atoms with E-state index < -0.39 is 0 Å². The summed E-state index contributed by atoms with van der Waals surface area (Å²) < 4.78 is 4.94. The van der Waals surface area contributed by atoms with Gasteiger partial charge < -0.3 is 9.84 Å². The van der Waals surface area contributed by atoms with Crippen LogP contribution in [-0.2, 0) is 6.54 Å². The van der Waals surface area contributed by atoms with Gasteiger partial charge in [-0.1, -0.05) is 16.8 Å². The second kappa shape index (κ2) is 4.82. The standard InChI is InChI=1S/C10H16N2O/c1-8(2)4-5-11-7-10-6-9(3)13-12-10/h4,6,11H,5,7H2,1-3H3. The van der Waals surface area contributed by atoms with Gasteiger partial charge in [0.1, 0.15) is 5.76 Å². The molecule has 0 aromatic carbocycles. The minimum absolute atomic E-state index is 0.765. The molecule has 72 valence electrons. The van der Waals surface area contributed by atoms with Crippen molar-refractivity contribution in [3.05, 3.63) is 29.2 Å². The number of aryl methyl sites for hydroxylation is 1. The minimum atomic E-state index is 0.765. The molecule has 13 heavy (non-hydrogen) atoms. The molecule has 0 aliphatic carbocycles. The van der Waals surface area contributed by atoms with Gasteiger partial charge in [0.25, 0.3) is 0 Å². The van der Waals surface area contributed by atoms with Crippen molar-refractivity contribution >= 4 is 0 Å². The molecule has 0 atom stereocenters. The largest absolute Gasteiger partial charge is 0.361 e. The lowest BCUT2D eigenvalue weighted by molar-refractivity contribution is 0.388. The van der Waals surface area contributed by atoms with Crippen LogP contribution in [-0.4, -0.2) is 11.7 Å². The molecule has 0 aliphatic rings. The van der Waals surface area contributed by atoms with Gasteiger partial charge in [-0.05, 0) is 20.8 Å². The van der Waals surface area contributed by atoms with E-state index in [-0.39, 0.29) is 0 Å². The Bertz CT molecular complexity index is 285. The van der Waals surface area contributed by atoms with Gasteiger partial charge in [0, 0.05) is 19.2 Å². The first kappa shape index (κ1) is 9.99. The first-order valence-corrected chi connectivity index (χ1v) is 4.45. The summed E-state index contributed by atoms with van der Waals surface area (Å²) in [6.07, 6.45) is 2.15. The number of nitrogens with one attached hydrogen (secondary N) is 1. The highest BCUT2D eigenvalue weighted by Gasteiger charge is 1.97. The highest BCUT2D eigenvalue weighted by molar-refractivity contribution is 5.03. The minimum Gasteiger partial charge on any atom is -0.361 e. The Labute approximate surface area is 78.8 Å². The highest BCUT2D eigenvalue weighted by atomic mass is 16.5. The maximum Gasteiger partial charge on any atom is 0.133 e. The smallest absolute Gasteiger partial charge is 0.133 e. The Balaban J connectivity index is 2.24. The zero-order valence-electron chi connectivity index (χ0n) is 8.42. The van der Waals surface area contributed by atoms with E-state index in [9.17, 15) is 0 Å². The molecule has 0 saturated carbocycles. The van der Waals surface area contributed by atoms with Crippen LogP contribution in [0.5, 0.6) is 0 Å². The van der Waals surface area contributed by atoms with Crippen molar-refractivity contribution in [2.75, 3.05) is 6.54 Å². The molecule has 0 aliphatic heterocycles. The molecule has 1 aromatic rings. The predicted octanol–water partition coefficient (Wildman–Crippen LogP) is 2.04. The number of hydrogen-bond acceptors (Lipinski definition) is 3. The summed E-state index contributed by atoms with van der Waals surface area (Å²) in [4.78, 5) is 0. The van der Waals surface area contributed by atoms with Crippen LogP contribution in [0.25, 0.3) is 0 Å². The van der Waals surface area contributed by atoms with Crippen molar-refractivity contribution in [2.24, 2.45) is 0 Å². The van der Waals surface area contributed by atoms with Gasteiger partial charge in [-0.2, -0.15) is 0 Å². The normalized spacial score (nSPS) is 10.1.